The van der Waals surface area contributed by atoms with Crippen molar-refractivity contribution in [1.29, 1.82) is 0 Å². The van der Waals surface area contributed by atoms with Crippen molar-refractivity contribution in [2.24, 2.45) is 0 Å². The molecule has 0 amide bonds. The zero-order chi connectivity index (χ0) is 21.0. The first-order valence-electron chi connectivity index (χ1n) is 11.1. The summed E-state index contributed by atoms with van der Waals surface area (Å²) < 4.78 is 11.5. The fraction of sp³-hybridized carbons (Fsp3) is 0.370. The number of aromatic nitrogens is 1. The Bertz CT molecular complexity index is 949. The van der Waals surface area contributed by atoms with Crippen molar-refractivity contribution < 1.29 is 9.47 Å². The minimum atomic E-state index is 0.736. The van der Waals surface area contributed by atoms with Gasteiger partial charge in [0, 0.05) is 5.39 Å². The molecule has 0 fully saturated rings. The predicted octanol–water partition coefficient (Wildman–Crippen LogP) is 7.54. The highest BCUT2D eigenvalue weighted by Crippen LogP contribution is 2.29. The van der Waals surface area contributed by atoms with E-state index in [1.165, 1.54) is 38.5 Å². The second-order valence-electron chi connectivity index (χ2n) is 7.64. The van der Waals surface area contributed by atoms with Crippen LogP contribution >= 0.6 is 0 Å². The maximum absolute atomic E-state index is 5.96. The number of fused-ring (bicyclic) bond motifs is 1. The van der Waals surface area contributed by atoms with Gasteiger partial charge in [-0.1, -0.05) is 81.9 Å². The molecule has 0 spiro atoms. The highest BCUT2D eigenvalue weighted by molar-refractivity contribution is 5.80. The van der Waals surface area contributed by atoms with E-state index in [2.05, 4.69) is 36.2 Å². The summed E-state index contributed by atoms with van der Waals surface area (Å²) in [5.74, 6) is 1.58. The van der Waals surface area contributed by atoms with Crippen molar-refractivity contribution in [3.63, 3.8) is 0 Å². The van der Waals surface area contributed by atoms with Crippen LogP contribution in [0.2, 0.25) is 0 Å². The van der Waals surface area contributed by atoms with Crippen molar-refractivity contribution in [3.8, 4) is 11.5 Å². The highest BCUT2D eigenvalue weighted by Gasteiger charge is 2.05. The van der Waals surface area contributed by atoms with Gasteiger partial charge in [-0.25, -0.2) is 4.98 Å². The van der Waals surface area contributed by atoms with Crippen LogP contribution < -0.4 is 9.47 Å². The molecule has 158 valence electrons. The van der Waals surface area contributed by atoms with E-state index < -0.39 is 0 Å². The number of rotatable bonds is 12. The molecule has 3 rings (SSSR count). The van der Waals surface area contributed by atoms with Crippen LogP contribution in [0.15, 0.2) is 54.6 Å². The van der Waals surface area contributed by atoms with Gasteiger partial charge in [-0.2, -0.15) is 0 Å². The maximum atomic E-state index is 5.96. The smallest absolute Gasteiger partial charge is 0.161 e. The molecule has 0 saturated carbocycles. The van der Waals surface area contributed by atoms with Gasteiger partial charge in [0.1, 0.15) is 0 Å². The third-order valence-corrected chi connectivity index (χ3v) is 5.26. The molecular formula is C27H33NO2. The molecule has 0 N–H and O–H groups in total. The molecule has 1 heterocycles. The van der Waals surface area contributed by atoms with Crippen LogP contribution in [-0.4, -0.2) is 18.7 Å². The van der Waals surface area contributed by atoms with Gasteiger partial charge in [0.15, 0.2) is 11.5 Å². The lowest BCUT2D eigenvalue weighted by molar-refractivity contribution is 0.284. The SMILES string of the molecule is CCCCCCCCCOc1ccc(/C=C/c2ccc3ccccc3n2)cc1OC. The number of para-hydroxylation sites is 1. The number of unbranched alkanes of at least 4 members (excludes halogenated alkanes) is 6. The average Bonchev–Trinajstić information content (AvgIpc) is 2.79. The van der Waals surface area contributed by atoms with E-state index in [0.29, 0.717) is 0 Å². The van der Waals surface area contributed by atoms with Crippen LogP contribution in [0, 0.1) is 0 Å². The summed E-state index contributed by atoms with van der Waals surface area (Å²) in [6.45, 7) is 2.99. The Hall–Kier alpha value is -2.81. The monoisotopic (exact) mass is 403 g/mol. The molecule has 2 aromatic carbocycles. The number of hydrogen-bond donors (Lipinski definition) is 0. The molecule has 3 aromatic rings. The van der Waals surface area contributed by atoms with Crippen molar-refractivity contribution in [2.75, 3.05) is 13.7 Å². The molecule has 0 radical (unpaired) electrons. The van der Waals surface area contributed by atoms with E-state index in [4.69, 9.17) is 9.47 Å². The Balaban J connectivity index is 1.53. The quantitative estimate of drug-likeness (QED) is 0.293. The summed E-state index contributed by atoms with van der Waals surface area (Å²) >= 11 is 0. The number of ether oxygens (including phenoxy) is 2. The second kappa shape index (κ2) is 12.0. The first kappa shape index (κ1) is 21.9. The molecule has 3 heteroatoms. The Labute approximate surface area is 180 Å². The van der Waals surface area contributed by atoms with E-state index in [0.717, 1.165) is 46.7 Å². The Morgan fingerprint density at radius 3 is 2.43 bits per heavy atom. The minimum absolute atomic E-state index is 0.736. The summed E-state index contributed by atoms with van der Waals surface area (Å²) in [5.41, 5.74) is 3.00. The third kappa shape index (κ3) is 6.62. The number of nitrogens with zero attached hydrogens (tertiary/aromatic N) is 1. The lowest BCUT2D eigenvalue weighted by atomic mass is 10.1. The van der Waals surface area contributed by atoms with Gasteiger partial charge in [-0.3, -0.25) is 0 Å². The van der Waals surface area contributed by atoms with Gasteiger partial charge in [0.25, 0.3) is 0 Å². The standard InChI is InChI=1S/C27H33NO2/c1-3-4-5-6-7-8-11-20-30-26-19-15-22(21-27(26)29-2)14-17-24-18-16-23-12-9-10-13-25(23)28-24/h9-10,12-19,21H,3-8,11,20H2,1-2H3/b17-14+. The predicted molar refractivity (Wildman–Crippen MR) is 127 cm³/mol. The average molecular weight is 404 g/mol. The summed E-state index contributed by atoms with van der Waals surface area (Å²) in [5, 5.41) is 1.15. The van der Waals surface area contributed by atoms with Gasteiger partial charge in [-0.05, 0) is 42.3 Å². The van der Waals surface area contributed by atoms with Crippen molar-refractivity contribution >= 4 is 23.1 Å². The fourth-order valence-electron chi connectivity index (χ4n) is 3.50. The molecule has 30 heavy (non-hydrogen) atoms. The Morgan fingerprint density at radius 2 is 1.60 bits per heavy atom. The summed E-state index contributed by atoms with van der Waals surface area (Å²) in [6.07, 6.45) is 13.0. The lowest BCUT2D eigenvalue weighted by Gasteiger charge is -2.11. The van der Waals surface area contributed by atoms with Crippen LogP contribution in [-0.2, 0) is 0 Å². The van der Waals surface area contributed by atoms with Crippen molar-refractivity contribution in [3.05, 3.63) is 65.9 Å². The largest absolute Gasteiger partial charge is 0.493 e. The van der Waals surface area contributed by atoms with Crippen LogP contribution in [0.25, 0.3) is 23.1 Å². The zero-order valence-electron chi connectivity index (χ0n) is 18.3. The molecule has 0 atom stereocenters. The van der Waals surface area contributed by atoms with Gasteiger partial charge in [0.2, 0.25) is 0 Å². The first-order valence-corrected chi connectivity index (χ1v) is 11.1. The summed E-state index contributed by atoms with van der Waals surface area (Å²) in [7, 11) is 1.69. The summed E-state index contributed by atoms with van der Waals surface area (Å²) in [6, 6.07) is 18.4. The van der Waals surface area contributed by atoms with Crippen LogP contribution in [0.1, 0.15) is 63.1 Å². The lowest BCUT2D eigenvalue weighted by Crippen LogP contribution is -1.99. The molecule has 1 aromatic heterocycles. The summed E-state index contributed by atoms with van der Waals surface area (Å²) in [4.78, 5) is 4.69. The molecule has 0 bridgehead atoms. The topological polar surface area (TPSA) is 31.4 Å². The maximum Gasteiger partial charge on any atom is 0.161 e. The van der Waals surface area contributed by atoms with Crippen LogP contribution in [0.5, 0.6) is 11.5 Å². The van der Waals surface area contributed by atoms with E-state index in [-0.39, 0.29) is 0 Å². The molecule has 0 aliphatic rings. The Morgan fingerprint density at radius 1 is 0.800 bits per heavy atom. The van der Waals surface area contributed by atoms with E-state index in [1.54, 1.807) is 7.11 Å². The number of methoxy groups -OCH3 is 1. The number of hydrogen-bond acceptors (Lipinski definition) is 3. The molecule has 3 nitrogen and oxygen atoms in total. The van der Waals surface area contributed by atoms with Gasteiger partial charge in [0.05, 0.1) is 24.9 Å². The van der Waals surface area contributed by atoms with E-state index in [9.17, 15) is 0 Å². The molecule has 0 saturated heterocycles. The van der Waals surface area contributed by atoms with Gasteiger partial charge < -0.3 is 9.47 Å². The second-order valence-corrected chi connectivity index (χ2v) is 7.64. The van der Waals surface area contributed by atoms with E-state index in [1.807, 2.05) is 42.5 Å². The molecule has 0 aliphatic carbocycles. The van der Waals surface area contributed by atoms with Crippen molar-refractivity contribution in [1.82, 2.24) is 4.98 Å². The molecule has 0 aliphatic heterocycles. The zero-order valence-corrected chi connectivity index (χ0v) is 18.3. The Kier molecular flexibility index (Phi) is 8.77. The molecule has 0 unspecified atom stereocenters. The van der Waals surface area contributed by atoms with Crippen LogP contribution in [0.3, 0.4) is 0 Å². The number of benzene rings is 2. The third-order valence-electron chi connectivity index (χ3n) is 5.26. The van der Waals surface area contributed by atoms with Gasteiger partial charge in [-0.15, -0.1) is 0 Å². The van der Waals surface area contributed by atoms with Gasteiger partial charge >= 0.3 is 0 Å². The minimum Gasteiger partial charge on any atom is -0.493 e. The first-order chi connectivity index (χ1) is 14.8. The van der Waals surface area contributed by atoms with Crippen molar-refractivity contribution in [2.45, 2.75) is 51.9 Å². The fourth-order valence-corrected chi connectivity index (χ4v) is 3.50. The van der Waals surface area contributed by atoms with Crippen LogP contribution in [0.4, 0.5) is 0 Å². The van der Waals surface area contributed by atoms with E-state index >= 15 is 0 Å². The normalized spacial score (nSPS) is 11.3. The number of pyridine rings is 1. The molecular weight excluding hydrogens is 370 g/mol. The highest BCUT2D eigenvalue weighted by atomic mass is 16.5.